The van der Waals surface area contributed by atoms with E-state index in [0.29, 0.717) is 4.47 Å². The molecule has 1 aromatic rings. The second-order valence-corrected chi connectivity index (χ2v) is 3.26. The van der Waals surface area contributed by atoms with Crippen molar-refractivity contribution in [1.82, 2.24) is 0 Å². The van der Waals surface area contributed by atoms with Gasteiger partial charge in [0.15, 0.2) is 6.29 Å². The summed E-state index contributed by atoms with van der Waals surface area (Å²) in [5.41, 5.74) is -1.27. The molecule has 13 heavy (non-hydrogen) atoms. The first-order chi connectivity index (χ1) is 5.95. The lowest BCUT2D eigenvalue weighted by Gasteiger charge is -2.08. The molecule has 0 aromatic heterocycles. The topological polar surface area (TPSA) is 17.1 Å². The summed E-state index contributed by atoms with van der Waals surface area (Å²) in [4.78, 5) is 10.3. The molecule has 5 heteroatoms. The summed E-state index contributed by atoms with van der Waals surface area (Å²) in [6, 6.07) is 3.39. The number of alkyl halides is 3. The van der Waals surface area contributed by atoms with Crippen molar-refractivity contribution in [3.63, 3.8) is 0 Å². The third-order valence-corrected chi connectivity index (χ3v) is 1.94. The fraction of sp³-hybridized carbons (Fsp3) is 0.125. The predicted molar refractivity (Wildman–Crippen MR) is 44.5 cm³/mol. The molecule has 0 unspecified atom stereocenters. The lowest BCUT2D eigenvalue weighted by molar-refractivity contribution is -0.137. The molecular formula is C8H4BrF3O. The first kappa shape index (κ1) is 10.2. The van der Waals surface area contributed by atoms with Crippen LogP contribution in [0.5, 0.6) is 0 Å². The van der Waals surface area contributed by atoms with Crippen molar-refractivity contribution in [2.75, 3.05) is 0 Å². The van der Waals surface area contributed by atoms with E-state index >= 15 is 0 Å². The molecule has 0 spiro atoms. The quantitative estimate of drug-likeness (QED) is 0.702. The minimum Gasteiger partial charge on any atom is -0.298 e. The second-order valence-electron chi connectivity index (χ2n) is 2.35. The van der Waals surface area contributed by atoms with Crippen LogP contribution in [0.25, 0.3) is 0 Å². The number of carbonyl (C=O) groups excluding carboxylic acids is 1. The maximum absolute atomic E-state index is 12.2. The van der Waals surface area contributed by atoms with E-state index in [1.807, 2.05) is 0 Å². The van der Waals surface area contributed by atoms with Crippen LogP contribution in [0.4, 0.5) is 13.2 Å². The molecule has 0 radical (unpaired) electrons. The van der Waals surface area contributed by atoms with E-state index in [4.69, 9.17) is 0 Å². The molecule has 0 heterocycles. The molecular weight excluding hydrogens is 249 g/mol. The van der Waals surface area contributed by atoms with E-state index in [2.05, 4.69) is 15.9 Å². The highest BCUT2D eigenvalue weighted by Gasteiger charge is 2.33. The van der Waals surface area contributed by atoms with Gasteiger partial charge in [-0.2, -0.15) is 13.2 Å². The number of rotatable bonds is 1. The summed E-state index contributed by atoms with van der Waals surface area (Å²) < 4.78 is 37.0. The SMILES string of the molecule is O=Cc1ccc(Br)cc1C(F)(F)F. The second kappa shape index (κ2) is 3.49. The number of hydrogen-bond acceptors (Lipinski definition) is 1. The van der Waals surface area contributed by atoms with Gasteiger partial charge in [-0.15, -0.1) is 0 Å². The highest BCUT2D eigenvalue weighted by molar-refractivity contribution is 9.10. The largest absolute Gasteiger partial charge is 0.417 e. The minimum absolute atomic E-state index is 0.190. The van der Waals surface area contributed by atoms with Crippen LogP contribution in [0.15, 0.2) is 22.7 Å². The van der Waals surface area contributed by atoms with E-state index in [1.165, 1.54) is 6.07 Å². The zero-order valence-electron chi connectivity index (χ0n) is 6.23. The summed E-state index contributed by atoms with van der Waals surface area (Å²) >= 11 is 2.90. The third kappa shape index (κ3) is 2.30. The maximum atomic E-state index is 12.2. The Kier molecular flexibility index (Phi) is 2.75. The smallest absolute Gasteiger partial charge is 0.298 e. The van der Waals surface area contributed by atoms with Crippen molar-refractivity contribution in [1.29, 1.82) is 0 Å². The van der Waals surface area contributed by atoms with Crippen molar-refractivity contribution >= 4 is 22.2 Å². The fourth-order valence-corrected chi connectivity index (χ4v) is 1.24. The molecule has 0 aliphatic rings. The average molecular weight is 253 g/mol. The van der Waals surface area contributed by atoms with Crippen LogP contribution in [0, 0.1) is 0 Å². The molecule has 1 rings (SSSR count). The van der Waals surface area contributed by atoms with E-state index < -0.39 is 11.7 Å². The van der Waals surface area contributed by atoms with Crippen molar-refractivity contribution in [3.05, 3.63) is 33.8 Å². The molecule has 1 nitrogen and oxygen atoms in total. The molecule has 0 bridgehead atoms. The van der Waals surface area contributed by atoms with Crippen molar-refractivity contribution in [2.45, 2.75) is 6.18 Å². The van der Waals surface area contributed by atoms with Gasteiger partial charge in [-0.25, -0.2) is 0 Å². The number of halogens is 4. The van der Waals surface area contributed by atoms with Gasteiger partial charge >= 0.3 is 6.18 Å². The Balaban J connectivity index is 3.32. The van der Waals surface area contributed by atoms with Crippen molar-refractivity contribution in [3.8, 4) is 0 Å². The van der Waals surface area contributed by atoms with Gasteiger partial charge in [0.05, 0.1) is 5.56 Å². The van der Waals surface area contributed by atoms with Crippen LogP contribution in [0.2, 0.25) is 0 Å². The van der Waals surface area contributed by atoms with Gasteiger partial charge in [-0.3, -0.25) is 4.79 Å². The minimum atomic E-state index is -4.49. The van der Waals surface area contributed by atoms with E-state index in [9.17, 15) is 18.0 Å². The average Bonchev–Trinajstić information content (AvgIpc) is 2.03. The Hall–Kier alpha value is -0.840. The number of hydrogen-bond donors (Lipinski definition) is 0. The molecule has 0 saturated carbocycles. The zero-order valence-corrected chi connectivity index (χ0v) is 7.82. The van der Waals surface area contributed by atoms with Crippen LogP contribution in [0.3, 0.4) is 0 Å². The van der Waals surface area contributed by atoms with Crippen LogP contribution in [-0.2, 0) is 6.18 Å². The zero-order chi connectivity index (χ0) is 10.1. The molecule has 70 valence electrons. The Labute approximate surface area is 80.7 Å². The van der Waals surface area contributed by atoms with Gasteiger partial charge in [0.2, 0.25) is 0 Å². The molecule has 0 fully saturated rings. The summed E-state index contributed by atoms with van der Waals surface area (Å²) in [6.45, 7) is 0. The molecule has 0 atom stereocenters. The fourth-order valence-electron chi connectivity index (χ4n) is 0.877. The van der Waals surface area contributed by atoms with Gasteiger partial charge in [-0.05, 0) is 18.2 Å². The third-order valence-electron chi connectivity index (χ3n) is 1.45. The van der Waals surface area contributed by atoms with E-state index in [1.54, 1.807) is 0 Å². The Morgan fingerprint density at radius 2 is 1.92 bits per heavy atom. The van der Waals surface area contributed by atoms with E-state index in [0.717, 1.165) is 12.1 Å². The first-order valence-corrected chi connectivity index (χ1v) is 4.06. The number of benzene rings is 1. The lowest BCUT2D eigenvalue weighted by Crippen LogP contribution is -2.08. The van der Waals surface area contributed by atoms with Crippen LogP contribution >= 0.6 is 15.9 Å². The summed E-state index contributed by atoms with van der Waals surface area (Å²) in [6.07, 6.45) is -4.30. The van der Waals surface area contributed by atoms with Gasteiger partial charge < -0.3 is 0 Å². The Bertz CT molecular complexity index is 333. The molecule has 0 N–H and O–H groups in total. The molecule has 0 saturated heterocycles. The van der Waals surface area contributed by atoms with Gasteiger partial charge in [-0.1, -0.05) is 15.9 Å². The van der Waals surface area contributed by atoms with Gasteiger partial charge in [0, 0.05) is 10.0 Å². The summed E-state index contributed by atoms with van der Waals surface area (Å²) in [7, 11) is 0. The van der Waals surface area contributed by atoms with Crippen LogP contribution in [-0.4, -0.2) is 6.29 Å². The molecule has 0 amide bonds. The van der Waals surface area contributed by atoms with E-state index in [-0.39, 0.29) is 11.8 Å². The maximum Gasteiger partial charge on any atom is 0.417 e. The monoisotopic (exact) mass is 252 g/mol. The van der Waals surface area contributed by atoms with Crippen LogP contribution in [0.1, 0.15) is 15.9 Å². The lowest BCUT2D eigenvalue weighted by atomic mass is 10.1. The first-order valence-electron chi connectivity index (χ1n) is 3.27. The standard InChI is InChI=1S/C8H4BrF3O/c9-6-2-1-5(4-13)7(3-6)8(10,11)12/h1-4H. The van der Waals surface area contributed by atoms with Crippen molar-refractivity contribution < 1.29 is 18.0 Å². The summed E-state index contributed by atoms with van der Waals surface area (Å²) in [5, 5.41) is 0. The van der Waals surface area contributed by atoms with Gasteiger partial charge in [0.25, 0.3) is 0 Å². The Morgan fingerprint density at radius 3 is 2.38 bits per heavy atom. The molecule has 0 aliphatic carbocycles. The van der Waals surface area contributed by atoms with Crippen molar-refractivity contribution in [2.24, 2.45) is 0 Å². The van der Waals surface area contributed by atoms with Crippen LogP contribution < -0.4 is 0 Å². The number of carbonyl (C=O) groups is 1. The normalized spacial score (nSPS) is 11.4. The highest BCUT2D eigenvalue weighted by atomic mass is 79.9. The highest BCUT2D eigenvalue weighted by Crippen LogP contribution is 2.33. The molecule has 0 aliphatic heterocycles. The predicted octanol–water partition coefficient (Wildman–Crippen LogP) is 3.28. The Morgan fingerprint density at radius 1 is 1.31 bits per heavy atom. The summed E-state index contributed by atoms with van der Waals surface area (Å²) in [5.74, 6) is 0. The molecule has 1 aromatic carbocycles. The number of aldehydes is 1. The van der Waals surface area contributed by atoms with Gasteiger partial charge in [0.1, 0.15) is 0 Å².